The maximum atomic E-state index is 14.2. The van der Waals surface area contributed by atoms with Crippen molar-refractivity contribution in [1.82, 2.24) is 9.80 Å². The number of amides is 4. The van der Waals surface area contributed by atoms with E-state index in [9.17, 15) is 28.8 Å². The Labute approximate surface area is 568 Å². The zero-order valence-electron chi connectivity index (χ0n) is 59.4. The van der Waals surface area contributed by atoms with Crippen molar-refractivity contribution in [2.24, 2.45) is 0 Å². The number of nitrogens with zero attached hydrogens (tertiary/aromatic N) is 2. The summed E-state index contributed by atoms with van der Waals surface area (Å²) < 4.78 is 11.0. The minimum Gasteiger partial charge on any atom is -0.466 e. The van der Waals surface area contributed by atoms with Gasteiger partial charge in [0, 0.05) is 59.0 Å². The van der Waals surface area contributed by atoms with Crippen molar-refractivity contribution in [3.05, 3.63) is 70.8 Å². The van der Waals surface area contributed by atoms with Crippen LogP contribution in [0, 0.1) is 0 Å². The molecule has 0 spiro atoms. The van der Waals surface area contributed by atoms with Gasteiger partial charge in [0.05, 0.1) is 13.2 Å². The highest BCUT2D eigenvalue weighted by atomic mass is 16.5. The van der Waals surface area contributed by atoms with Gasteiger partial charge in [-0.1, -0.05) is 321 Å². The van der Waals surface area contributed by atoms with Gasteiger partial charge in [0.2, 0.25) is 0 Å². The molecule has 0 fully saturated rings. The number of ether oxygens (including phenoxy) is 2. The fraction of sp³-hybridized carbons (Fsp3) is 0.690. The summed E-state index contributed by atoms with van der Waals surface area (Å²) in [6.07, 6.45) is 62.1. The molecule has 0 unspecified atom stereocenters. The maximum Gasteiger partial charge on any atom is 0.305 e. The van der Waals surface area contributed by atoms with Crippen LogP contribution in [0.15, 0.2) is 48.5 Å². The molecule has 5 aromatic carbocycles. The standard InChI is InChI=1S/C84H126N2O8/c1-3-5-7-9-11-13-15-17-19-21-23-25-33-39-45-51-65-93-75(87)53-47-41-35-29-27-31-37-43-49-63-85-81(89)71-59-55-67-69-57-61-73-80-74(62-58-70(78(69)80)68-56-60-72(82(85)90)79(71)77(67)68)84(92)86(83(73)91)64-50-44-38-32-28-30-36-42-48-54-76(88)94-66-52-46-40-34-26-24-22-20-18-16-14-12-10-8-6-4-2/h55-62H,3-54,63-66H2,1-2H3. The van der Waals surface area contributed by atoms with Crippen LogP contribution in [-0.2, 0) is 19.1 Å². The minimum absolute atomic E-state index is 0.0528. The molecule has 520 valence electrons. The Morgan fingerprint density at radius 2 is 0.457 bits per heavy atom. The molecule has 94 heavy (non-hydrogen) atoms. The Kier molecular flexibility index (Phi) is 36.5. The Bertz CT molecular complexity index is 2710. The van der Waals surface area contributed by atoms with E-state index in [1.807, 2.05) is 48.5 Å². The van der Waals surface area contributed by atoms with Crippen LogP contribution in [-0.4, -0.2) is 71.7 Å². The number of benzene rings is 5. The van der Waals surface area contributed by atoms with Crippen molar-refractivity contribution in [2.75, 3.05) is 26.3 Å². The van der Waals surface area contributed by atoms with Crippen molar-refractivity contribution >= 4 is 78.7 Å². The quantitative estimate of drug-likeness (QED) is 0.0124. The second kappa shape index (κ2) is 45.2. The van der Waals surface area contributed by atoms with E-state index < -0.39 is 0 Å². The van der Waals surface area contributed by atoms with Crippen LogP contribution in [0.4, 0.5) is 0 Å². The van der Waals surface area contributed by atoms with Crippen molar-refractivity contribution < 1.29 is 38.2 Å². The molecule has 2 heterocycles. The van der Waals surface area contributed by atoms with Gasteiger partial charge in [-0.15, -0.1) is 0 Å². The lowest BCUT2D eigenvalue weighted by Gasteiger charge is -2.30. The van der Waals surface area contributed by atoms with Gasteiger partial charge in [-0.2, -0.15) is 0 Å². The third kappa shape index (κ3) is 24.6. The van der Waals surface area contributed by atoms with E-state index in [-0.39, 0.29) is 35.6 Å². The van der Waals surface area contributed by atoms with Gasteiger partial charge in [-0.05, 0) is 95.1 Å². The van der Waals surface area contributed by atoms with Crippen LogP contribution in [0.1, 0.15) is 389 Å². The lowest BCUT2D eigenvalue weighted by Crippen LogP contribution is -2.41. The lowest BCUT2D eigenvalue weighted by molar-refractivity contribution is -0.144. The van der Waals surface area contributed by atoms with E-state index in [1.54, 1.807) is 0 Å². The number of imide groups is 2. The van der Waals surface area contributed by atoms with E-state index in [4.69, 9.17) is 9.47 Å². The molecule has 2 aliphatic rings. The molecule has 0 aromatic heterocycles. The molecular weight excluding hydrogens is 1160 g/mol. The smallest absolute Gasteiger partial charge is 0.305 e. The van der Waals surface area contributed by atoms with E-state index in [0.717, 1.165) is 174 Å². The molecular formula is C84H126N2O8. The van der Waals surface area contributed by atoms with Crippen LogP contribution in [0.2, 0.25) is 0 Å². The van der Waals surface area contributed by atoms with E-state index in [0.29, 0.717) is 72.2 Å². The molecule has 5 aromatic rings. The predicted octanol–water partition coefficient (Wildman–Crippen LogP) is 24.3. The monoisotopic (exact) mass is 1290 g/mol. The topological polar surface area (TPSA) is 127 Å². The fourth-order valence-electron chi connectivity index (χ4n) is 15.1. The summed E-state index contributed by atoms with van der Waals surface area (Å²) >= 11 is 0. The molecule has 10 heteroatoms. The first kappa shape index (κ1) is 76.0. The molecule has 0 bridgehead atoms. The number of esters is 2. The third-order valence-corrected chi connectivity index (χ3v) is 20.9. The van der Waals surface area contributed by atoms with Gasteiger partial charge in [-0.3, -0.25) is 38.6 Å². The summed E-state index contributed by atoms with van der Waals surface area (Å²) in [7, 11) is 0. The second-order valence-corrected chi connectivity index (χ2v) is 28.6. The van der Waals surface area contributed by atoms with Crippen LogP contribution >= 0.6 is 0 Å². The zero-order chi connectivity index (χ0) is 66.2. The molecule has 0 aliphatic carbocycles. The number of fused-ring (bicyclic) bond motifs is 2. The Morgan fingerprint density at radius 1 is 0.255 bits per heavy atom. The molecule has 0 saturated carbocycles. The van der Waals surface area contributed by atoms with Gasteiger partial charge in [0.1, 0.15) is 0 Å². The van der Waals surface area contributed by atoms with Gasteiger partial charge in [0.15, 0.2) is 0 Å². The Hall–Kier alpha value is -5.38. The number of rotatable bonds is 58. The molecule has 0 saturated heterocycles. The first-order valence-corrected chi connectivity index (χ1v) is 39.5. The van der Waals surface area contributed by atoms with Crippen molar-refractivity contribution in [3.63, 3.8) is 0 Å². The summed E-state index contributed by atoms with van der Waals surface area (Å²) in [6, 6.07) is 15.4. The zero-order valence-corrected chi connectivity index (χ0v) is 59.4. The Morgan fingerprint density at radius 3 is 0.691 bits per heavy atom. The van der Waals surface area contributed by atoms with Crippen LogP contribution in [0.3, 0.4) is 0 Å². The molecule has 7 rings (SSSR count). The molecule has 0 atom stereocenters. The van der Waals surface area contributed by atoms with Gasteiger partial charge in [0.25, 0.3) is 23.6 Å². The van der Waals surface area contributed by atoms with E-state index >= 15 is 0 Å². The average Bonchev–Trinajstić information content (AvgIpc) is 0.694. The highest BCUT2D eigenvalue weighted by Crippen LogP contribution is 2.46. The first-order chi connectivity index (χ1) is 46.3. The highest BCUT2D eigenvalue weighted by Gasteiger charge is 2.37. The van der Waals surface area contributed by atoms with Gasteiger partial charge in [-0.25, -0.2) is 0 Å². The van der Waals surface area contributed by atoms with Crippen molar-refractivity contribution in [1.29, 1.82) is 0 Å². The summed E-state index contributed by atoms with van der Waals surface area (Å²) in [5.74, 6) is -1.12. The predicted molar refractivity (Wildman–Crippen MR) is 392 cm³/mol. The van der Waals surface area contributed by atoms with Crippen LogP contribution in [0.25, 0.3) is 43.1 Å². The molecule has 4 amide bonds. The molecule has 0 radical (unpaired) electrons. The van der Waals surface area contributed by atoms with Gasteiger partial charge >= 0.3 is 11.9 Å². The van der Waals surface area contributed by atoms with Gasteiger partial charge < -0.3 is 9.47 Å². The van der Waals surface area contributed by atoms with Crippen molar-refractivity contribution in [3.8, 4) is 0 Å². The second-order valence-electron chi connectivity index (χ2n) is 28.6. The van der Waals surface area contributed by atoms with Crippen LogP contribution in [0.5, 0.6) is 0 Å². The number of hydrogen-bond donors (Lipinski definition) is 0. The summed E-state index contributed by atoms with van der Waals surface area (Å²) in [4.78, 5) is 84.3. The Balaban J connectivity index is 0.711. The lowest BCUT2D eigenvalue weighted by atomic mass is 9.82. The molecule has 0 N–H and O–H groups in total. The summed E-state index contributed by atoms with van der Waals surface area (Å²) in [5.41, 5.74) is 2.15. The highest BCUT2D eigenvalue weighted by molar-refractivity contribution is 6.41. The molecule has 10 nitrogen and oxygen atoms in total. The number of hydrogen-bond acceptors (Lipinski definition) is 8. The largest absolute Gasteiger partial charge is 0.466 e. The molecule has 2 aliphatic heterocycles. The van der Waals surface area contributed by atoms with E-state index in [1.165, 1.54) is 190 Å². The maximum absolute atomic E-state index is 14.2. The average molecular weight is 1290 g/mol. The fourth-order valence-corrected chi connectivity index (χ4v) is 15.1. The van der Waals surface area contributed by atoms with Crippen molar-refractivity contribution in [2.45, 2.75) is 348 Å². The number of carbonyl (C=O) groups excluding carboxylic acids is 6. The SMILES string of the molecule is CCCCCCCCCCCCCCCCCCOC(=O)CCCCCCCCCCCN1C(=O)c2ccc3c4ccc5c6c(ccc(c7ccc(c2c37)C1=O)c64)C(=O)N(CCCCCCCCCCCC(=O)OCCCCCCCCCCCCCCCCCC)C5=O. The first-order valence-electron chi connectivity index (χ1n) is 39.5. The minimum atomic E-state index is -0.255. The third-order valence-electron chi connectivity index (χ3n) is 20.9. The van der Waals surface area contributed by atoms with E-state index in [2.05, 4.69) is 13.8 Å². The normalized spacial score (nSPS) is 13.2. The number of unbranched alkanes of at least 4 members (excludes halogenated alkanes) is 46. The van der Waals surface area contributed by atoms with Crippen LogP contribution < -0.4 is 0 Å². The number of carbonyl (C=O) groups is 6. The summed E-state index contributed by atoms with van der Waals surface area (Å²) in [6.45, 7) is 6.44. The summed E-state index contributed by atoms with van der Waals surface area (Å²) in [5, 5.41) is 6.71.